The molecular formula is C14H15ClN4O5S. The summed E-state index contributed by atoms with van der Waals surface area (Å²) in [6.45, 7) is 0.457. The topological polar surface area (TPSA) is 144 Å². The van der Waals surface area contributed by atoms with Crippen molar-refractivity contribution in [2.75, 3.05) is 6.26 Å². The summed E-state index contributed by atoms with van der Waals surface area (Å²) >= 11 is 6.15. The van der Waals surface area contributed by atoms with Gasteiger partial charge in [0, 0.05) is 23.9 Å². The first-order valence-corrected chi connectivity index (χ1v) is 9.16. The number of ketones is 1. The summed E-state index contributed by atoms with van der Waals surface area (Å²) in [7, 11) is -3.67. The Balaban J connectivity index is 0.000000399. The second-order valence-corrected chi connectivity index (χ2v) is 7.07. The van der Waals surface area contributed by atoms with Crippen LogP contribution in [0.3, 0.4) is 0 Å². The molecule has 0 radical (unpaired) electrons. The van der Waals surface area contributed by atoms with E-state index >= 15 is 0 Å². The van der Waals surface area contributed by atoms with E-state index in [4.69, 9.17) is 22.0 Å². The number of hydrogen-bond acceptors (Lipinski definition) is 6. The summed E-state index contributed by atoms with van der Waals surface area (Å²) in [4.78, 5) is 24.0. The number of carbonyl (C=O) groups is 2. The highest BCUT2D eigenvalue weighted by Crippen LogP contribution is 2.33. The molecule has 134 valence electrons. The van der Waals surface area contributed by atoms with E-state index in [1.54, 1.807) is 22.8 Å². The molecule has 1 amide bonds. The van der Waals surface area contributed by atoms with E-state index in [-0.39, 0.29) is 11.7 Å². The van der Waals surface area contributed by atoms with Crippen molar-refractivity contribution in [3.8, 4) is 0 Å². The minimum atomic E-state index is -3.67. The van der Waals surface area contributed by atoms with Crippen LogP contribution in [0, 0.1) is 0 Å². The summed E-state index contributed by atoms with van der Waals surface area (Å²) in [5.41, 5.74) is 1.74. The summed E-state index contributed by atoms with van der Waals surface area (Å²) in [5, 5.41) is 6.89. The Bertz CT molecular complexity index is 973. The Morgan fingerprint density at radius 2 is 2.12 bits per heavy atom. The standard InChI is InChI=1S/C13H11ClN4O2.CH4O3S/c14-9-2-1-7-11(19)3-4-18-10(5-8(9)12(7)18)13(20)16-6-17-15;1-5(2,3)4/h1-2,5-6H,3-4,15H2,(H,16,17,20);1H3,(H,2,3,4). The highest BCUT2D eigenvalue weighted by Gasteiger charge is 2.25. The zero-order chi connectivity index (χ0) is 18.8. The fourth-order valence-electron chi connectivity index (χ4n) is 2.51. The summed E-state index contributed by atoms with van der Waals surface area (Å²) in [6, 6.07) is 5.06. The van der Waals surface area contributed by atoms with E-state index in [1.165, 1.54) is 0 Å². The van der Waals surface area contributed by atoms with Crippen molar-refractivity contribution in [1.29, 1.82) is 0 Å². The third-order valence-electron chi connectivity index (χ3n) is 3.37. The molecule has 0 fully saturated rings. The highest BCUT2D eigenvalue weighted by molar-refractivity contribution is 7.85. The molecule has 0 bridgehead atoms. The predicted molar refractivity (Wildman–Crippen MR) is 93.5 cm³/mol. The number of halogens is 1. The van der Waals surface area contributed by atoms with Crippen molar-refractivity contribution in [3.05, 3.63) is 34.5 Å². The molecule has 0 saturated carbocycles. The van der Waals surface area contributed by atoms with Crippen LogP contribution >= 0.6 is 11.6 Å². The predicted octanol–water partition coefficient (Wildman–Crippen LogP) is 1.02. The fourth-order valence-corrected chi connectivity index (χ4v) is 2.72. The van der Waals surface area contributed by atoms with Crippen LogP contribution < -0.4 is 11.2 Å². The molecule has 2 heterocycles. The number of carbonyl (C=O) groups excluding carboxylic acids is 2. The lowest BCUT2D eigenvalue weighted by Gasteiger charge is -2.16. The first-order chi connectivity index (χ1) is 11.6. The highest BCUT2D eigenvalue weighted by atomic mass is 35.5. The fraction of sp³-hybridized carbons (Fsp3) is 0.214. The van der Waals surface area contributed by atoms with E-state index in [0.29, 0.717) is 46.4 Å². The lowest BCUT2D eigenvalue weighted by molar-refractivity contribution is 0.0947. The Morgan fingerprint density at radius 1 is 1.48 bits per heavy atom. The minimum absolute atomic E-state index is 0.0627. The molecular weight excluding hydrogens is 372 g/mol. The Hall–Kier alpha value is -2.43. The molecule has 0 atom stereocenters. The molecule has 1 aliphatic heterocycles. The number of Topliss-reactive ketones (excluding diaryl/α,β-unsaturated/α-hetero) is 1. The second-order valence-electron chi connectivity index (χ2n) is 5.20. The molecule has 1 aromatic carbocycles. The Kier molecular flexibility index (Phi) is 5.45. The first kappa shape index (κ1) is 18.9. The SMILES string of the molecule is CS(=O)(=O)O.NN=CNC(=O)c1cc2c(Cl)ccc3c2n1CCC3=O. The summed E-state index contributed by atoms with van der Waals surface area (Å²) in [5.74, 6) is 4.68. The van der Waals surface area contributed by atoms with E-state index in [0.717, 1.165) is 6.34 Å². The number of benzene rings is 1. The van der Waals surface area contributed by atoms with E-state index in [2.05, 4.69) is 10.4 Å². The number of nitrogens with two attached hydrogens (primary N) is 1. The zero-order valence-corrected chi connectivity index (χ0v) is 14.6. The number of hydrogen-bond donors (Lipinski definition) is 3. The number of hydrazone groups is 1. The van der Waals surface area contributed by atoms with Crippen LogP contribution in [0.4, 0.5) is 0 Å². The van der Waals surface area contributed by atoms with Gasteiger partial charge in [-0.3, -0.25) is 14.1 Å². The molecule has 11 heteroatoms. The van der Waals surface area contributed by atoms with Crippen LogP contribution in [0.2, 0.25) is 5.02 Å². The van der Waals surface area contributed by atoms with Crippen LogP contribution in [-0.2, 0) is 16.7 Å². The molecule has 1 aliphatic rings. The molecule has 2 aromatic rings. The molecule has 1 aromatic heterocycles. The largest absolute Gasteiger partial charge is 0.335 e. The normalized spacial score (nSPS) is 13.6. The smallest absolute Gasteiger partial charge is 0.273 e. The maximum absolute atomic E-state index is 12.1. The van der Waals surface area contributed by atoms with Crippen LogP contribution in [0.1, 0.15) is 27.3 Å². The van der Waals surface area contributed by atoms with Gasteiger partial charge in [-0.1, -0.05) is 11.6 Å². The number of amides is 1. The van der Waals surface area contributed by atoms with E-state index in [9.17, 15) is 18.0 Å². The number of nitrogens with one attached hydrogen (secondary N) is 1. The van der Waals surface area contributed by atoms with Crippen molar-refractivity contribution in [2.24, 2.45) is 10.9 Å². The minimum Gasteiger partial charge on any atom is -0.335 e. The third-order valence-corrected chi connectivity index (χ3v) is 3.70. The van der Waals surface area contributed by atoms with Gasteiger partial charge < -0.3 is 15.7 Å². The van der Waals surface area contributed by atoms with Crippen LogP contribution in [-0.4, -0.2) is 41.8 Å². The van der Waals surface area contributed by atoms with Crippen molar-refractivity contribution in [2.45, 2.75) is 13.0 Å². The van der Waals surface area contributed by atoms with Gasteiger partial charge in [-0.2, -0.15) is 13.5 Å². The van der Waals surface area contributed by atoms with Gasteiger partial charge in [-0.05, 0) is 18.2 Å². The molecule has 0 spiro atoms. The second kappa shape index (κ2) is 7.21. The quantitative estimate of drug-likeness (QED) is 0.231. The molecule has 4 N–H and O–H groups in total. The maximum Gasteiger partial charge on any atom is 0.273 e. The van der Waals surface area contributed by atoms with Crippen molar-refractivity contribution in [1.82, 2.24) is 9.88 Å². The van der Waals surface area contributed by atoms with Crippen molar-refractivity contribution in [3.63, 3.8) is 0 Å². The molecule has 25 heavy (non-hydrogen) atoms. The van der Waals surface area contributed by atoms with Gasteiger partial charge in [-0.25, -0.2) is 0 Å². The number of aryl methyl sites for hydroxylation is 1. The van der Waals surface area contributed by atoms with Gasteiger partial charge in [0.05, 0.1) is 16.8 Å². The van der Waals surface area contributed by atoms with E-state index < -0.39 is 10.1 Å². The third kappa shape index (κ3) is 4.35. The average Bonchev–Trinajstić information content (AvgIpc) is 2.90. The monoisotopic (exact) mass is 386 g/mol. The summed E-state index contributed by atoms with van der Waals surface area (Å²) in [6.07, 6.45) is 2.19. The molecule has 0 saturated heterocycles. The average molecular weight is 387 g/mol. The van der Waals surface area contributed by atoms with Crippen molar-refractivity contribution >= 4 is 50.7 Å². The molecule has 9 nitrogen and oxygen atoms in total. The number of nitrogens with zero attached hydrogens (tertiary/aromatic N) is 2. The van der Waals surface area contributed by atoms with Gasteiger partial charge in [0.1, 0.15) is 12.0 Å². The zero-order valence-electron chi connectivity index (χ0n) is 13.1. The van der Waals surface area contributed by atoms with Gasteiger partial charge in [0.15, 0.2) is 5.78 Å². The maximum atomic E-state index is 12.1. The first-order valence-electron chi connectivity index (χ1n) is 6.93. The van der Waals surface area contributed by atoms with E-state index in [1.807, 2.05) is 0 Å². The molecule has 0 unspecified atom stereocenters. The van der Waals surface area contributed by atoms with Gasteiger partial charge >= 0.3 is 0 Å². The van der Waals surface area contributed by atoms with Crippen LogP contribution in [0.5, 0.6) is 0 Å². The van der Waals surface area contributed by atoms with Gasteiger partial charge in [0.25, 0.3) is 16.0 Å². The number of rotatable bonds is 2. The van der Waals surface area contributed by atoms with Crippen LogP contribution in [0.15, 0.2) is 23.3 Å². The Labute approximate surface area is 148 Å². The van der Waals surface area contributed by atoms with Crippen LogP contribution in [0.25, 0.3) is 10.9 Å². The van der Waals surface area contributed by atoms with Gasteiger partial charge in [-0.15, -0.1) is 0 Å². The lowest BCUT2D eigenvalue weighted by atomic mass is 10.0. The molecule has 0 aliphatic carbocycles. The van der Waals surface area contributed by atoms with Crippen molar-refractivity contribution < 1.29 is 22.6 Å². The van der Waals surface area contributed by atoms with Gasteiger partial charge in [0.2, 0.25) is 0 Å². The Morgan fingerprint density at radius 3 is 2.72 bits per heavy atom. The molecule has 3 rings (SSSR count). The lowest BCUT2D eigenvalue weighted by Crippen LogP contribution is -2.26. The number of aromatic nitrogens is 1. The summed E-state index contributed by atoms with van der Waals surface area (Å²) < 4.78 is 27.7.